The van der Waals surface area contributed by atoms with Gasteiger partial charge in [-0.05, 0) is 6.42 Å². The molecular weight excluding hydrogens is 254 g/mol. The SMILES string of the molecule is CCC(Br)C(=O)NCCS(=O)CC. The number of rotatable bonds is 6. The molecule has 0 saturated carbocycles. The third-order valence-corrected chi connectivity index (χ3v) is 3.96. The standard InChI is InChI=1S/C8H16BrNO2S/c1-3-7(9)8(11)10-5-6-13(12)4-2/h7H,3-6H2,1-2H3,(H,10,11). The molecule has 13 heavy (non-hydrogen) atoms. The van der Waals surface area contributed by atoms with Crippen LogP contribution in [0.15, 0.2) is 0 Å². The van der Waals surface area contributed by atoms with Crippen LogP contribution in [0.1, 0.15) is 20.3 Å². The van der Waals surface area contributed by atoms with Crippen LogP contribution in [-0.2, 0) is 15.6 Å². The number of nitrogens with one attached hydrogen (secondary N) is 1. The van der Waals surface area contributed by atoms with Crippen molar-refractivity contribution in [1.82, 2.24) is 5.32 Å². The van der Waals surface area contributed by atoms with Crippen molar-refractivity contribution in [3.63, 3.8) is 0 Å². The molecule has 2 atom stereocenters. The Morgan fingerprint density at radius 2 is 2.15 bits per heavy atom. The lowest BCUT2D eigenvalue weighted by Crippen LogP contribution is -2.33. The van der Waals surface area contributed by atoms with Crippen molar-refractivity contribution in [3.05, 3.63) is 0 Å². The van der Waals surface area contributed by atoms with E-state index < -0.39 is 10.8 Å². The van der Waals surface area contributed by atoms with Crippen molar-refractivity contribution in [2.24, 2.45) is 0 Å². The molecule has 0 fully saturated rings. The van der Waals surface area contributed by atoms with Crippen LogP contribution in [0.4, 0.5) is 0 Å². The number of halogens is 1. The van der Waals surface area contributed by atoms with Gasteiger partial charge in [-0.3, -0.25) is 9.00 Å². The number of carbonyl (C=O) groups is 1. The number of amides is 1. The van der Waals surface area contributed by atoms with Gasteiger partial charge < -0.3 is 5.32 Å². The molecule has 5 heteroatoms. The quantitative estimate of drug-likeness (QED) is 0.733. The van der Waals surface area contributed by atoms with Crippen LogP contribution in [0.5, 0.6) is 0 Å². The summed E-state index contributed by atoms with van der Waals surface area (Å²) in [5.74, 6) is 1.18. The predicted octanol–water partition coefficient (Wildman–Crippen LogP) is 1.04. The highest BCUT2D eigenvalue weighted by Gasteiger charge is 2.10. The van der Waals surface area contributed by atoms with E-state index in [1.807, 2.05) is 13.8 Å². The van der Waals surface area contributed by atoms with Gasteiger partial charge in [-0.1, -0.05) is 29.8 Å². The topological polar surface area (TPSA) is 46.2 Å². The van der Waals surface area contributed by atoms with Gasteiger partial charge in [0, 0.05) is 28.9 Å². The van der Waals surface area contributed by atoms with Crippen LogP contribution in [0, 0.1) is 0 Å². The summed E-state index contributed by atoms with van der Waals surface area (Å²) in [7, 11) is -0.789. The van der Waals surface area contributed by atoms with Gasteiger partial charge in [0.2, 0.25) is 5.91 Å². The predicted molar refractivity (Wildman–Crippen MR) is 59.6 cm³/mol. The van der Waals surface area contributed by atoms with E-state index in [0.717, 1.165) is 6.42 Å². The molecule has 1 N–H and O–H groups in total. The summed E-state index contributed by atoms with van der Waals surface area (Å²) in [6.07, 6.45) is 0.767. The van der Waals surface area contributed by atoms with Crippen LogP contribution in [0.25, 0.3) is 0 Å². The van der Waals surface area contributed by atoms with Gasteiger partial charge in [-0.15, -0.1) is 0 Å². The van der Waals surface area contributed by atoms with Gasteiger partial charge in [0.1, 0.15) is 0 Å². The summed E-state index contributed by atoms with van der Waals surface area (Å²) in [5.41, 5.74) is 0. The highest BCUT2D eigenvalue weighted by molar-refractivity contribution is 9.10. The number of hydrogen-bond donors (Lipinski definition) is 1. The molecule has 0 aromatic carbocycles. The fraction of sp³-hybridized carbons (Fsp3) is 0.875. The minimum atomic E-state index is -0.789. The lowest BCUT2D eigenvalue weighted by atomic mass is 10.3. The zero-order chi connectivity index (χ0) is 10.3. The first-order chi connectivity index (χ1) is 6.11. The monoisotopic (exact) mass is 269 g/mol. The van der Waals surface area contributed by atoms with Crippen molar-refractivity contribution in [3.8, 4) is 0 Å². The highest BCUT2D eigenvalue weighted by atomic mass is 79.9. The van der Waals surface area contributed by atoms with Gasteiger partial charge in [0.25, 0.3) is 0 Å². The van der Waals surface area contributed by atoms with Gasteiger partial charge >= 0.3 is 0 Å². The fourth-order valence-electron chi connectivity index (χ4n) is 0.729. The summed E-state index contributed by atoms with van der Waals surface area (Å²) in [5, 5.41) is 2.72. The normalized spacial score (nSPS) is 15.0. The first-order valence-corrected chi connectivity index (χ1v) is 6.78. The number of hydrogen-bond acceptors (Lipinski definition) is 2. The second-order valence-corrected chi connectivity index (χ2v) is 5.57. The maximum atomic E-state index is 11.2. The average Bonchev–Trinajstić information content (AvgIpc) is 2.15. The molecule has 1 amide bonds. The lowest BCUT2D eigenvalue weighted by molar-refractivity contribution is -0.120. The molecule has 0 heterocycles. The molecule has 0 aliphatic rings. The Labute approximate surface area is 90.2 Å². The van der Waals surface area contributed by atoms with E-state index in [9.17, 15) is 9.00 Å². The highest BCUT2D eigenvalue weighted by Crippen LogP contribution is 2.03. The van der Waals surface area contributed by atoms with Gasteiger partial charge in [0.15, 0.2) is 0 Å². The third-order valence-electron chi connectivity index (χ3n) is 1.59. The fourth-order valence-corrected chi connectivity index (χ4v) is 1.51. The van der Waals surface area contributed by atoms with E-state index in [4.69, 9.17) is 0 Å². The molecular formula is C8H16BrNO2S. The second-order valence-electron chi connectivity index (χ2n) is 2.60. The van der Waals surface area contributed by atoms with Crippen molar-refractivity contribution in [2.75, 3.05) is 18.1 Å². The summed E-state index contributed by atoms with van der Waals surface area (Å²) in [6.45, 7) is 4.31. The molecule has 0 aromatic rings. The Hall–Kier alpha value is 0.1000. The van der Waals surface area contributed by atoms with Crippen molar-refractivity contribution < 1.29 is 9.00 Å². The van der Waals surface area contributed by atoms with Crippen molar-refractivity contribution in [2.45, 2.75) is 25.1 Å². The zero-order valence-electron chi connectivity index (χ0n) is 8.01. The molecule has 0 spiro atoms. The Morgan fingerprint density at radius 1 is 1.54 bits per heavy atom. The van der Waals surface area contributed by atoms with E-state index in [2.05, 4.69) is 21.2 Å². The number of carbonyl (C=O) groups excluding carboxylic acids is 1. The molecule has 78 valence electrons. The Morgan fingerprint density at radius 3 is 2.62 bits per heavy atom. The minimum Gasteiger partial charge on any atom is -0.354 e. The molecule has 0 rings (SSSR count). The maximum absolute atomic E-state index is 11.2. The molecule has 0 saturated heterocycles. The number of alkyl halides is 1. The zero-order valence-corrected chi connectivity index (χ0v) is 10.4. The Balaban J connectivity index is 3.53. The van der Waals surface area contributed by atoms with E-state index in [1.54, 1.807) is 0 Å². The van der Waals surface area contributed by atoms with E-state index in [-0.39, 0.29) is 10.7 Å². The van der Waals surface area contributed by atoms with Gasteiger partial charge in [0.05, 0.1) is 4.83 Å². The van der Waals surface area contributed by atoms with Crippen LogP contribution >= 0.6 is 15.9 Å². The van der Waals surface area contributed by atoms with Crippen LogP contribution in [0.2, 0.25) is 0 Å². The Kier molecular flexibility index (Phi) is 7.56. The van der Waals surface area contributed by atoms with Crippen molar-refractivity contribution in [1.29, 1.82) is 0 Å². The molecule has 0 radical (unpaired) electrons. The van der Waals surface area contributed by atoms with E-state index >= 15 is 0 Å². The van der Waals surface area contributed by atoms with Gasteiger partial charge in [-0.2, -0.15) is 0 Å². The Bertz CT molecular complexity index is 187. The van der Waals surface area contributed by atoms with E-state index in [1.165, 1.54) is 0 Å². The first kappa shape index (κ1) is 13.1. The second kappa shape index (κ2) is 7.50. The smallest absolute Gasteiger partial charge is 0.233 e. The summed E-state index contributed by atoms with van der Waals surface area (Å²) >= 11 is 3.24. The molecule has 0 aliphatic carbocycles. The van der Waals surface area contributed by atoms with Crippen LogP contribution in [0.3, 0.4) is 0 Å². The third kappa shape index (κ3) is 6.21. The molecule has 0 aromatic heterocycles. The molecule has 2 unspecified atom stereocenters. The largest absolute Gasteiger partial charge is 0.354 e. The molecule has 3 nitrogen and oxygen atoms in total. The van der Waals surface area contributed by atoms with Crippen LogP contribution in [-0.4, -0.2) is 33.0 Å². The maximum Gasteiger partial charge on any atom is 0.233 e. The average molecular weight is 270 g/mol. The summed E-state index contributed by atoms with van der Waals surface area (Å²) in [4.78, 5) is 11.1. The van der Waals surface area contributed by atoms with E-state index in [0.29, 0.717) is 18.1 Å². The molecule has 0 aliphatic heterocycles. The lowest BCUT2D eigenvalue weighted by Gasteiger charge is -2.07. The summed E-state index contributed by atoms with van der Waals surface area (Å²) in [6, 6.07) is 0. The van der Waals surface area contributed by atoms with Crippen LogP contribution < -0.4 is 5.32 Å². The first-order valence-electron chi connectivity index (χ1n) is 4.38. The van der Waals surface area contributed by atoms with Gasteiger partial charge in [-0.25, -0.2) is 0 Å². The summed E-state index contributed by atoms with van der Waals surface area (Å²) < 4.78 is 11.0. The van der Waals surface area contributed by atoms with Crippen molar-refractivity contribution >= 4 is 32.6 Å². The molecule has 0 bridgehead atoms. The minimum absolute atomic E-state index is 0.0180.